The molecule has 0 bridgehead atoms. The van der Waals surface area contributed by atoms with E-state index in [1.54, 1.807) is 13.2 Å². The van der Waals surface area contributed by atoms with E-state index in [1.807, 2.05) is 6.07 Å². The molecule has 2 heterocycles. The molecule has 2 aromatic rings. The molecular weight excluding hydrogens is 504 g/mol. The number of aromatic hydroxyl groups is 2. The lowest BCUT2D eigenvalue weighted by Crippen LogP contribution is -2.30. The van der Waals surface area contributed by atoms with Crippen molar-refractivity contribution in [1.29, 1.82) is 0 Å². The normalized spacial score (nSPS) is 26.2. The van der Waals surface area contributed by atoms with Gasteiger partial charge in [-0.05, 0) is 86.9 Å². The molecule has 4 atom stereocenters. The molecule has 0 unspecified atom stereocenters. The zero-order chi connectivity index (χ0) is 21.5. The van der Waals surface area contributed by atoms with E-state index in [1.165, 1.54) is 41.6 Å². The summed E-state index contributed by atoms with van der Waals surface area (Å²) in [5.41, 5.74) is 6.45. The van der Waals surface area contributed by atoms with Crippen molar-refractivity contribution in [3.05, 3.63) is 52.1 Å². The number of benzene rings is 2. The fraction of sp³-hybridized carbons (Fsp3) is 0.538. The van der Waals surface area contributed by atoms with Crippen LogP contribution in [0.15, 0.2) is 24.3 Å². The van der Waals surface area contributed by atoms with Crippen LogP contribution in [0.25, 0.3) is 0 Å². The number of aryl methyl sites for hydroxylation is 1. The summed E-state index contributed by atoms with van der Waals surface area (Å²) in [4.78, 5) is 0. The Morgan fingerprint density at radius 1 is 0.818 bits per heavy atom. The van der Waals surface area contributed by atoms with Crippen LogP contribution in [0.4, 0.5) is 0 Å². The molecule has 6 rings (SSSR count). The van der Waals surface area contributed by atoms with Crippen LogP contribution < -0.4 is 15.4 Å². The van der Waals surface area contributed by atoms with Crippen molar-refractivity contribution in [1.82, 2.24) is 10.6 Å². The smallest absolute Gasteiger partial charge is 0.160 e. The Kier molecular flexibility index (Phi) is 8.60. The number of fused-ring (bicyclic) bond motifs is 6. The van der Waals surface area contributed by atoms with E-state index in [-0.39, 0.29) is 40.9 Å². The molecule has 2 fully saturated rings. The number of ether oxygens (including phenoxy) is 1. The fourth-order valence-electron chi connectivity index (χ4n) is 6.39. The number of rotatable bonds is 1. The highest BCUT2D eigenvalue weighted by Gasteiger charge is 2.35. The minimum Gasteiger partial charge on any atom is -0.504 e. The van der Waals surface area contributed by atoms with Gasteiger partial charge in [-0.1, -0.05) is 18.2 Å². The Balaban J connectivity index is 0.000000175. The maximum Gasteiger partial charge on any atom is 0.160 e. The third-order valence-corrected chi connectivity index (χ3v) is 7.90. The van der Waals surface area contributed by atoms with Gasteiger partial charge in [0.2, 0.25) is 0 Å². The lowest BCUT2D eigenvalue weighted by Gasteiger charge is -2.29. The quantitative estimate of drug-likeness (QED) is 0.389. The molecule has 2 aliphatic carbocycles. The maximum atomic E-state index is 9.79. The van der Waals surface area contributed by atoms with Crippen LogP contribution in [-0.2, 0) is 12.8 Å². The Morgan fingerprint density at radius 3 is 1.97 bits per heavy atom. The standard InChI is InChI=1S/C14H19NO.C12H15NO2.BrH.ClH/c1-9-3-4-10-11-7-8-15-13(11)6-5-12(10)14(9)16-2;14-11-4-2-7-8-5-6-13-10(8)3-1-9(7)12(11)15;;/h3-4,11,13,15H,5-8H2,1-2H3;2,4,8,10,13-15H,1,3,5-6H2;2*1H/t11-,13-;8-,10-;;/m11../s1. The summed E-state index contributed by atoms with van der Waals surface area (Å²) < 4.78 is 5.57. The predicted octanol–water partition coefficient (Wildman–Crippen LogP) is 4.88. The van der Waals surface area contributed by atoms with E-state index in [0.29, 0.717) is 18.0 Å². The zero-order valence-electron chi connectivity index (χ0n) is 19.4. The predicted molar refractivity (Wildman–Crippen MR) is 140 cm³/mol. The molecule has 2 saturated heterocycles. The van der Waals surface area contributed by atoms with Crippen LogP contribution in [0.1, 0.15) is 65.3 Å². The molecule has 0 spiro atoms. The van der Waals surface area contributed by atoms with Crippen LogP contribution >= 0.6 is 29.4 Å². The van der Waals surface area contributed by atoms with Crippen molar-refractivity contribution in [2.45, 2.75) is 69.4 Å². The molecule has 2 aliphatic heterocycles. The number of phenolic OH excluding ortho intramolecular Hbond substituents is 2. The number of nitrogens with one attached hydrogen (secondary N) is 2. The largest absolute Gasteiger partial charge is 0.504 e. The summed E-state index contributed by atoms with van der Waals surface area (Å²) in [5.74, 6) is 2.48. The molecule has 2 aromatic carbocycles. The highest BCUT2D eigenvalue weighted by atomic mass is 79.9. The van der Waals surface area contributed by atoms with Crippen molar-refractivity contribution < 1.29 is 14.9 Å². The second-order valence-corrected chi connectivity index (χ2v) is 9.47. The highest BCUT2D eigenvalue weighted by Crippen LogP contribution is 2.44. The minimum atomic E-state index is 0. The Bertz CT molecular complexity index is 986. The molecular formula is C26H36BrClN2O3. The topological polar surface area (TPSA) is 73.8 Å². The fourth-order valence-corrected chi connectivity index (χ4v) is 6.39. The van der Waals surface area contributed by atoms with Crippen LogP contribution in [0.5, 0.6) is 17.2 Å². The molecule has 0 amide bonds. The third kappa shape index (κ3) is 4.72. The lowest BCUT2D eigenvalue weighted by molar-refractivity contribution is 0.388. The van der Waals surface area contributed by atoms with Gasteiger partial charge >= 0.3 is 0 Å². The Labute approximate surface area is 213 Å². The number of hydrogen-bond acceptors (Lipinski definition) is 5. The summed E-state index contributed by atoms with van der Waals surface area (Å²) in [6.07, 6.45) is 6.77. The SMILES string of the molecule is Br.COc1c(C)ccc2c1CC[C@H]1NCC[C@H]21.Cl.Oc1ccc2c(c1O)CC[C@H]1NCC[C@H]21. The monoisotopic (exact) mass is 538 g/mol. The van der Waals surface area contributed by atoms with Crippen LogP contribution in [-0.4, -0.2) is 42.5 Å². The van der Waals surface area contributed by atoms with Gasteiger partial charge in [0.1, 0.15) is 5.75 Å². The number of methoxy groups -OCH3 is 1. The van der Waals surface area contributed by atoms with Crippen molar-refractivity contribution in [3.63, 3.8) is 0 Å². The van der Waals surface area contributed by atoms with Gasteiger partial charge < -0.3 is 25.6 Å². The van der Waals surface area contributed by atoms with E-state index < -0.39 is 0 Å². The number of phenols is 2. The van der Waals surface area contributed by atoms with Gasteiger partial charge in [0.05, 0.1) is 7.11 Å². The molecule has 5 nitrogen and oxygen atoms in total. The molecule has 0 saturated carbocycles. The third-order valence-electron chi connectivity index (χ3n) is 7.90. The van der Waals surface area contributed by atoms with E-state index in [0.717, 1.165) is 49.5 Å². The van der Waals surface area contributed by atoms with Gasteiger partial charge in [0.15, 0.2) is 11.5 Å². The molecule has 0 aromatic heterocycles. The molecule has 4 aliphatic rings. The molecule has 0 radical (unpaired) electrons. The van der Waals surface area contributed by atoms with E-state index in [2.05, 4.69) is 29.7 Å². The summed E-state index contributed by atoms with van der Waals surface area (Å²) >= 11 is 0. The summed E-state index contributed by atoms with van der Waals surface area (Å²) in [5, 5.41) is 26.3. The molecule has 182 valence electrons. The van der Waals surface area contributed by atoms with Gasteiger partial charge in [-0.3, -0.25) is 0 Å². The number of halogens is 2. The second-order valence-electron chi connectivity index (χ2n) is 9.47. The zero-order valence-corrected chi connectivity index (χ0v) is 21.9. The first kappa shape index (κ1) is 26.1. The maximum absolute atomic E-state index is 9.79. The first-order valence-electron chi connectivity index (χ1n) is 11.7. The second kappa shape index (κ2) is 10.9. The molecule has 33 heavy (non-hydrogen) atoms. The van der Waals surface area contributed by atoms with Gasteiger partial charge in [0.25, 0.3) is 0 Å². The van der Waals surface area contributed by atoms with Crippen molar-refractivity contribution in [3.8, 4) is 17.2 Å². The average Bonchev–Trinajstić information content (AvgIpc) is 3.45. The van der Waals surface area contributed by atoms with E-state index >= 15 is 0 Å². The lowest BCUT2D eigenvalue weighted by atomic mass is 9.79. The first-order valence-corrected chi connectivity index (χ1v) is 11.7. The van der Waals surface area contributed by atoms with Crippen LogP contribution in [0.2, 0.25) is 0 Å². The van der Waals surface area contributed by atoms with Gasteiger partial charge in [-0.2, -0.15) is 0 Å². The average molecular weight is 540 g/mol. The summed E-state index contributed by atoms with van der Waals surface area (Å²) in [7, 11) is 1.79. The van der Waals surface area contributed by atoms with Gasteiger partial charge in [-0.15, -0.1) is 29.4 Å². The summed E-state index contributed by atoms with van der Waals surface area (Å²) in [6, 6.07) is 9.37. The van der Waals surface area contributed by atoms with Crippen LogP contribution in [0, 0.1) is 6.92 Å². The van der Waals surface area contributed by atoms with Crippen molar-refractivity contribution >= 4 is 29.4 Å². The molecule has 7 heteroatoms. The molecule has 4 N–H and O–H groups in total. The highest BCUT2D eigenvalue weighted by molar-refractivity contribution is 8.93. The van der Waals surface area contributed by atoms with Crippen molar-refractivity contribution in [2.75, 3.05) is 20.2 Å². The number of hydrogen-bond donors (Lipinski definition) is 4. The van der Waals surface area contributed by atoms with Crippen LogP contribution in [0.3, 0.4) is 0 Å². The first-order chi connectivity index (χ1) is 15.1. The van der Waals surface area contributed by atoms with E-state index in [9.17, 15) is 10.2 Å². The van der Waals surface area contributed by atoms with E-state index in [4.69, 9.17) is 4.74 Å². The van der Waals surface area contributed by atoms with Gasteiger partial charge in [-0.25, -0.2) is 0 Å². The van der Waals surface area contributed by atoms with Gasteiger partial charge in [0, 0.05) is 29.5 Å². The Morgan fingerprint density at radius 2 is 1.36 bits per heavy atom. The summed E-state index contributed by atoms with van der Waals surface area (Å²) in [6.45, 7) is 4.37. The van der Waals surface area contributed by atoms with Crippen molar-refractivity contribution in [2.24, 2.45) is 0 Å². The Hall–Kier alpha value is -1.47. The minimum absolute atomic E-state index is 0.